The van der Waals surface area contributed by atoms with Crippen molar-refractivity contribution < 1.29 is 22.9 Å². The van der Waals surface area contributed by atoms with E-state index in [2.05, 4.69) is 4.72 Å². The minimum absolute atomic E-state index is 0.200. The first-order valence-electron chi connectivity index (χ1n) is 9.21. The molecule has 1 heterocycles. The lowest BCUT2D eigenvalue weighted by Gasteiger charge is -2.34. The number of nitro benzene ring substituents is 1. The molecule has 3 N–H and O–H groups in total. The number of primary amides is 1. The molecule has 0 aliphatic carbocycles. The van der Waals surface area contributed by atoms with E-state index in [9.17, 15) is 23.3 Å². The van der Waals surface area contributed by atoms with Crippen LogP contribution in [-0.2, 0) is 14.8 Å². The van der Waals surface area contributed by atoms with Gasteiger partial charge in [-0.2, -0.15) is 0 Å². The largest absolute Gasteiger partial charge is 0.495 e. The average molecular weight is 434 g/mol. The number of nitrogens with one attached hydrogen (secondary N) is 1. The number of anilines is 2. The summed E-state index contributed by atoms with van der Waals surface area (Å²) in [6.45, 7) is 0.739. The van der Waals surface area contributed by atoms with Crippen molar-refractivity contribution in [1.29, 1.82) is 0 Å². The third-order valence-electron chi connectivity index (χ3n) is 4.96. The number of hydrogen-bond acceptors (Lipinski definition) is 7. The lowest BCUT2D eigenvalue weighted by molar-refractivity contribution is -0.385. The number of ether oxygens (including phenoxy) is 1. The van der Waals surface area contributed by atoms with E-state index in [4.69, 9.17) is 10.5 Å². The Morgan fingerprint density at radius 1 is 1.30 bits per heavy atom. The standard InChI is InChI=1S/C19H22N4O6S/c1-29-17-7-3-2-6-15(17)21-30(27,28)18-11-14(23(25)26)8-9-16(18)22-10-4-5-13(12-22)19(20)24/h2-3,6-9,11,13,21H,4-5,10,12H2,1H3,(H2,20,24). The smallest absolute Gasteiger partial charge is 0.270 e. The van der Waals surface area contributed by atoms with E-state index < -0.39 is 26.8 Å². The highest BCUT2D eigenvalue weighted by Crippen LogP contribution is 2.34. The van der Waals surface area contributed by atoms with Crippen LogP contribution in [0.4, 0.5) is 17.1 Å². The molecule has 2 aromatic rings. The van der Waals surface area contributed by atoms with Gasteiger partial charge in [0.1, 0.15) is 10.6 Å². The maximum absolute atomic E-state index is 13.2. The van der Waals surface area contributed by atoms with Crippen LogP contribution in [0.2, 0.25) is 0 Å². The number of nitro groups is 1. The minimum Gasteiger partial charge on any atom is -0.495 e. The van der Waals surface area contributed by atoms with Crippen molar-refractivity contribution in [3.05, 3.63) is 52.6 Å². The van der Waals surface area contributed by atoms with Gasteiger partial charge in [0, 0.05) is 25.2 Å². The van der Waals surface area contributed by atoms with Crippen molar-refractivity contribution in [2.75, 3.05) is 29.8 Å². The quantitative estimate of drug-likeness (QED) is 0.501. The van der Waals surface area contributed by atoms with Gasteiger partial charge in [0.25, 0.3) is 15.7 Å². The predicted molar refractivity (Wildman–Crippen MR) is 111 cm³/mol. The summed E-state index contributed by atoms with van der Waals surface area (Å²) in [5, 5.41) is 11.3. The van der Waals surface area contributed by atoms with Crippen molar-refractivity contribution in [3.8, 4) is 5.75 Å². The molecule has 1 aliphatic heterocycles. The molecular formula is C19H22N4O6S. The second kappa shape index (κ2) is 8.57. The van der Waals surface area contributed by atoms with Gasteiger partial charge in [-0.3, -0.25) is 19.6 Å². The van der Waals surface area contributed by atoms with Gasteiger partial charge in [-0.15, -0.1) is 0 Å². The van der Waals surface area contributed by atoms with E-state index in [1.54, 1.807) is 23.1 Å². The van der Waals surface area contributed by atoms with Crippen LogP contribution in [0.15, 0.2) is 47.4 Å². The zero-order valence-electron chi connectivity index (χ0n) is 16.3. The second-order valence-electron chi connectivity index (χ2n) is 6.90. The van der Waals surface area contributed by atoms with Gasteiger partial charge >= 0.3 is 0 Å². The van der Waals surface area contributed by atoms with Crippen molar-refractivity contribution in [2.24, 2.45) is 11.7 Å². The fourth-order valence-corrected chi connectivity index (χ4v) is 4.77. The summed E-state index contributed by atoms with van der Waals surface area (Å²) < 4.78 is 34.1. The zero-order chi connectivity index (χ0) is 21.9. The molecule has 1 atom stereocenters. The van der Waals surface area contributed by atoms with E-state index in [0.29, 0.717) is 25.1 Å². The highest BCUT2D eigenvalue weighted by Gasteiger charge is 2.30. The van der Waals surface area contributed by atoms with Crippen LogP contribution in [0.5, 0.6) is 5.75 Å². The number of nitrogens with two attached hydrogens (primary N) is 1. The third kappa shape index (κ3) is 4.46. The molecule has 0 spiro atoms. The molecule has 1 amide bonds. The highest BCUT2D eigenvalue weighted by molar-refractivity contribution is 7.93. The molecule has 1 unspecified atom stereocenters. The van der Waals surface area contributed by atoms with Crippen LogP contribution in [-0.4, -0.2) is 39.4 Å². The number of carbonyl (C=O) groups excluding carboxylic acids is 1. The number of amides is 1. The zero-order valence-corrected chi connectivity index (χ0v) is 17.1. The summed E-state index contributed by atoms with van der Waals surface area (Å²) >= 11 is 0. The van der Waals surface area contributed by atoms with Crippen LogP contribution in [0.25, 0.3) is 0 Å². The predicted octanol–water partition coefficient (Wildman–Crippen LogP) is 2.11. The fraction of sp³-hybridized carbons (Fsp3) is 0.316. The van der Waals surface area contributed by atoms with Crippen molar-refractivity contribution in [3.63, 3.8) is 0 Å². The van der Waals surface area contributed by atoms with Crippen LogP contribution in [0, 0.1) is 16.0 Å². The molecule has 2 aromatic carbocycles. The summed E-state index contributed by atoms with van der Waals surface area (Å²) in [5.74, 6) is -0.579. The Labute approximate surface area is 173 Å². The third-order valence-corrected chi connectivity index (χ3v) is 6.35. The SMILES string of the molecule is COc1ccccc1NS(=O)(=O)c1cc([N+](=O)[O-])ccc1N1CCCC(C(N)=O)C1. The van der Waals surface area contributed by atoms with Crippen LogP contribution < -0.4 is 20.1 Å². The maximum atomic E-state index is 13.2. The van der Waals surface area contributed by atoms with Gasteiger partial charge in [0.05, 0.1) is 29.3 Å². The topological polar surface area (TPSA) is 145 Å². The minimum atomic E-state index is -4.21. The number of piperidine rings is 1. The number of rotatable bonds is 7. The highest BCUT2D eigenvalue weighted by atomic mass is 32.2. The monoisotopic (exact) mass is 434 g/mol. The summed E-state index contributed by atoms with van der Waals surface area (Å²) in [7, 11) is -2.81. The van der Waals surface area contributed by atoms with Crippen molar-refractivity contribution >= 4 is 33.0 Å². The Morgan fingerprint density at radius 3 is 2.70 bits per heavy atom. The average Bonchev–Trinajstić information content (AvgIpc) is 2.73. The number of nitrogens with zero attached hydrogens (tertiary/aromatic N) is 2. The van der Waals surface area contributed by atoms with Crippen LogP contribution >= 0.6 is 0 Å². The van der Waals surface area contributed by atoms with Crippen molar-refractivity contribution in [2.45, 2.75) is 17.7 Å². The lowest BCUT2D eigenvalue weighted by Crippen LogP contribution is -2.41. The number of methoxy groups -OCH3 is 1. The molecule has 0 aromatic heterocycles. The van der Waals surface area contributed by atoms with Crippen LogP contribution in [0.1, 0.15) is 12.8 Å². The molecule has 1 saturated heterocycles. The normalized spacial score (nSPS) is 16.7. The molecule has 160 valence electrons. The molecular weight excluding hydrogens is 412 g/mol. The Hall–Kier alpha value is -3.34. The number of hydrogen-bond donors (Lipinski definition) is 2. The maximum Gasteiger partial charge on any atom is 0.270 e. The van der Waals surface area contributed by atoms with Gasteiger partial charge in [-0.25, -0.2) is 8.42 Å². The number of non-ortho nitro benzene ring substituents is 1. The van der Waals surface area contributed by atoms with E-state index in [1.165, 1.54) is 25.3 Å². The molecule has 30 heavy (non-hydrogen) atoms. The van der Waals surface area contributed by atoms with E-state index >= 15 is 0 Å². The first kappa shape index (κ1) is 21.4. The molecule has 0 radical (unpaired) electrons. The summed E-state index contributed by atoms with van der Waals surface area (Å²) in [4.78, 5) is 23.7. The molecule has 0 saturated carbocycles. The molecule has 0 bridgehead atoms. The molecule has 11 heteroatoms. The Bertz CT molecular complexity index is 1070. The molecule has 3 rings (SSSR count). The molecule has 1 aliphatic rings. The van der Waals surface area contributed by atoms with Crippen LogP contribution in [0.3, 0.4) is 0 Å². The van der Waals surface area contributed by atoms with Crippen molar-refractivity contribution in [1.82, 2.24) is 0 Å². The van der Waals surface area contributed by atoms with Gasteiger partial charge in [0.15, 0.2) is 0 Å². The van der Waals surface area contributed by atoms with Gasteiger partial charge in [-0.1, -0.05) is 12.1 Å². The Balaban J connectivity index is 2.06. The second-order valence-corrected chi connectivity index (χ2v) is 8.55. The number of benzene rings is 2. The lowest BCUT2D eigenvalue weighted by atomic mass is 9.97. The summed E-state index contributed by atoms with van der Waals surface area (Å²) in [6.07, 6.45) is 1.25. The summed E-state index contributed by atoms with van der Waals surface area (Å²) in [5.41, 5.74) is 5.54. The van der Waals surface area contributed by atoms with Gasteiger partial charge in [0.2, 0.25) is 5.91 Å². The van der Waals surface area contributed by atoms with E-state index in [-0.39, 0.29) is 28.5 Å². The number of sulfonamides is 1. The molecule has 10 nitrogen and oxygen atoms in total. The summed E-state index contributed by atoms with van der Waals surface area (Å²) in [6, 6.07) is 10.1. The van der Waals surface area contributed by atoms with E-state index in [0.717, 1.165) is 6.07 Å². The first-order valence-corrected chi connectivity index (χ1v) is 10.7. The molecule has 1 fully saturated rings. The number of para-hydroxylation sites is 2. The van der Waals surface area contributed by atoms with Gasteiger partial charge < -0.3 is 15.4 Å². The van der Waals surface area contributed by atoms with E-state index in [1.807, 2.05) is 0 Å². The first-order chi connectivity index (χ1) is 14.2. The Kier molecular flexibility index (Phi) is 6.11. The fourth-order valence-electron chi connectivity index (χ4n) is 3.45. The van der Waals surface area contributed by atoms with Gasteiger partial charge in [-0.05, 0) is 31.0 Å². The Morgan fingerprint density at radius 2 is 2.03 bits per heavy atom. The number of carbonyl (C=O) groups is 1.